The molecule has 0 atom stereocenters. The number of nitro groups is 1. The predicted octanol–water partition coefficient (Wildman–Crippen LogP) is 1.29. The third kappa shape index (κ3) is 4.02. The van der Waals surface area contributed by atoms with Gasteiger partial charge >= 0.3 is 5.69 Å². The highest BCUT2D eigenvalue weighted by atomic mass is 16.6. The molecule has 0 aliphatic heterocycles. The van der Waals surface area contributed by atoms with Crippen LogP contribution in [-0.2, 0) is 4.74 Å². The van der Waals surface area contributed by atoms with Crippen molar-refractivity contribution in [3.05, 3.63) is 16.4 Å². The van der Waals surface area contributed by atoms with Gasteiger partial charge in [0.2, 0.25) is 11.6 Å². The van der Waals surface area contributed by atoms with Gasteiger partial charge in [0.05, 0.1) is 11.5 Å². The zero-order valence-electron chi connectivity index (χ0n) is 11.4. The van der Waals surface area contributed by atoms with Crippen molar-refractivity contribution in [3.8, 4) is 0 Å². The van der Waals surface area contributed by atoms with E-state index in [9.17, 15) is 10.1 Å². The number of ether oxygens (including phenoxy) is 1. The Hall–Kier alpha value is -1.96. The minimum absolute atomic E-state index is 0.108. The smallest absolute Gasteiger partial charge is 0.353 e. The zero-order valence-corrected chi connectivity index (χ0v) is 11.4. The maximum Gasteiger partial charge on any atom is 0.353 e. The second-order valence-electron chi connectivity index (χ2n) is 3.80. The van der Waals surface area contributed by atoms with Gasteiger partial charge in [-0.1, -0.05) is 0 Å². The summed E-state index contributed by atoms with van der Waals surface area (Å²) < 4.78 is 5.23. The highest BCUT2D eigenvalue weighted by molar-refractivity contribution is 5.69. The van der Waals surface area contributed by atoms with Crippen LogP contribution >= 0.6 is 0 Å². The van der Waals surface area contributed by atoms with Crippen molar-refractivity contribution in [1.82, 2.24) is 9.97 Å². The van der Waals surface area contributed by atoms with Crippen LogP contribution in [0.4, 0.5) is 17.3 Å². The van der Waals surface area contributed by atoms with Gasteiger partial charge in [0.1, 0.15) is 6.33 Å². The Labute approximate surface area is 112 Å². The fourth-order valence-corrected chi connectivity index (χ4v) is 1.57. The molecule has 0 fully saturated rings. The molecule has 0 saturated carbocycles. The van der Waals surface area contributed by atoms with E-state index in [2.05, 4.69) is 15.3 Å². The topological polar surface area (TPSA) is 93.4 Å². The van der Waals surface area contributed by atoms with E-state index < -0.39 is 4.92 Å². The number of hydrogen-bond acceptors (Lipinski definition) is 7. The normalized spacial score (nSPS) is 10.3. The van der Waals surface area contributed by atoms with E-state index in [0.29, 0.717) is 26.3 Å². The standard InChI is InChI=1S/C11H19N5O3/c1-4-12-10-9(16(17)18)11(14-8-13-10)15(3)6-7-19-5-2/h8H,4-7H2,1-3H3,(H,12,13,14). The Balaban J connectivity index is 2.98. The average Bonchev–Trinajstić information content (AvgIpc) is 2.38. The molecule has 1 aromatic rings. The molecule has 1 rings (SSSR count). The van der Waals surface area contributed by atoms with Crippen LogP contribution in [-0.4, -0.2) is 48.2 Å². The summed E-state index contributed by atoms with van der Waals surface area (Å²) in [7, 11) is 1.74. The van der Waals surface area contributed by atoms with Crippen LogP contribution in [0.5, 0.6) is 0 Å². The third-order valence-electron chi connectivity index (χ3n) is 2.47. The molecule has 8 heteroatoms. The average molecular weight is 269 g/mol. The first-order chi connectivity index (χ1) is 9.11. The summed E-state index contributed by atoms with van der Waals surface area (Å²) in [5, 5.41) is 14.0. The Kier molecular flexibility index (Phi) is 5.94. The Bertz CT molecular complexity index is 427. The van der Waals surface area contributed by atoms with Crippen molar-refractivity contribution in [3.63, 3.8) is 0 Å². The van der Waals surface area contributed by atoms with E-state index in [0.717, 1.165) is 0 Å². The minimum Gasteiger partial charge on any atom is -0.380 e. The summed E-state index contributed by atoms with van der Waals surface area (Å²) in [5.41, 5.74) is -0.108. The van der Waals surface area contributed by atoms with Gasteiger partial charge < -0.3 is 15.0 Å². The summed E-state index contributed by atoms with van der Waals surface area (Å²) in [4.78, 5) is 20.3. The second kappa shape index (κ2) is 7.47. The summed E-state index contributed by atoms with van der Waals surface area (Å²) in [6, 6.07) is 0. The lowest BCUT2D eigenvalue weighted by atomic mass is 10.4. The van der Waals surface area contributed by atoms with Gasteiger partial charge in [-0.25, -0.2) is 9.97 Å². The third-order valence-corrected chi connectivity index (χ3v) is 2.47. The van der Waals surface area contributed by atoms with Gasteiger partial charge in [-0.15, -0.1) is 0 Å². The number of anilines is 2. The lowest BCUT2D eigenvalue weighted by molar-refractivity contribution is -0.383. The molecule has 1 aromatic heterocycles. The minimum atomic E-state index is -0.468. The molecule has 0 amide bonds. The van der Waals surface area contributed by atoms with E-state index in [1.54, 1.807) is 11.9 Å². The lowest BCUT2D eigenvalue weighted by Gasteiger charge is -2.18. The van der Waals surface area contributed by atoms with Crippen molar-refractivity contribution in [1.29, 1.82) is 0 Å². The van der Waals surface area contributed by atoms with Gasteiger partial charge in [-0.05, 0) is 13.8 Å². The first-order valence-electron chi connectivity index (χ1n) is 6.13. The van der Waals surface area contributed by atoms with Crippen LogP contribution in [0.1, 0.15) is 13.8 Å². The SMILES string of the molecule is CCNc1ncnc(N(C)CCOCC)c1[N+](=O)[O-]. The van der Waals surface area contributed by atoms with Crippen LogP contribution in [0.3, 0.4) is 0 Å². The summed E-state index contributed by atoms with van der Waals surface area (Å²) in [6.45, 7) is 5.94. The largest absolute Gasteiger partial charge is 0.380 e. The fourth-order valence-electron chi connectivity index (χ4n) is 1.57. The molecule has 106 valence electrons. The number of nitrogens with one attached hydrogen (secondary N) is 1. The molecule has 0 unspecified atom stereocenters. The van der Waals surface area contributed by atoms with Crippen LogP contribution in [0.25, 0.3) is 0 Å². The monoisotopic (exact) mass is 269 g/mol. The van der Waals surface area contributed by atoms with Crippen molar-refractivity contribution < 1.29 is 9.66 Å². The molecule has 0 saturated heterocycles. The van der Waals surface area contributed by atoms with Crippen LogP contribution < -0.4 is 10.2 Å². The summed E-state index contributed by atoms with van der Waals surface area (Å²) in [5.74, 6) is 0.524. The van der Waals surface area contributed by atoms with Crippen LogP contribution in [0.15, 0.2) is 6.33 Å². The molecule has 0 aliphatic carbocycles. The van der Waals surface area contributed by atoms with Crippen LogP contribution in [0, 0.1) is 10.1 Å². The van der Waals surface area contributed by atoms with Gasteiger partial charge in [-0.3, -0.25) is 10.1 Å². The van der Waals surface area contributed by atoms with E-state index in [4.69, 9.17) is 4.74 Å². The maximum atomic E-state index is 11.2. The first-order valence-corrected chi connectivity index (χ1v) is 6.13. The molecule has 0 aromatic carbocycles. The molecule has 0 bridgehead atoms. The van der Waals surface area contributed by atoms with E-state index in [1.165, 1.54) is 6.33 Å². The molecular formula is C11H19N5O3. The Morgan fingerprint density at radius 1 is 1.47 bits per heavy atom. The Morgan fingerprint density at radius 2 is 2.21 bits per heavy atom. The quantitative estimate of drug-likeness (QED) is 0.431. The number of nitrogens with zero attached hydrogens (tertiary/aromatic N) is 4. The highest BCUT2D eigenvalue weighted by Crippen LogP contribution is 2.30. The number of hydrogen-bond donors (Lipinski definition) is 1. The molecule has 1 heterocycles. The zero-order chi connectivity index (χ0) is 14.3. The van der Waals surface area contributed by atoms with E-state index in [-0.39, 0.29) is 17.3 Å². The van der Waals surface area contributed by atoms with Gasteiger partial charge in [-0.2, -0.15) is 0 Å². The predicted molar refractivity (Wildman–Crippen MR) is 72.6 cm³/mol. The molecule has 1 N–H and O–H groups in total. The fraction of sp³-hybridized carbons (Fsp3) is 0.636. The van der Waals surface area contributed by atoms with Gasteiger partial charge in [0.25, 0.3) is 0 Å². The number of likely N-dealkylation sites (N-methyl/N-ethyl adjacent to an activating group) is 1. The Morgan fingerprint density at radius 3 is 2.79 bits per heavy atom. The molecule has 0 spiro atoms. The number of aromatic nitrogens is 2. The molecule has 19 heavy (non-hydrogen) atoms. The maximum absolute atomic E-state index is 11.2. The van der Waals surface area contributed by atoms with Gasteiger partial charge in [0.15, 0.2) is 0 Å². The first kappa shape index (κ1) is 15.1. The van der Waals surface area contributed by atoms with Crippen molar-refractivity contribution in [2.24, 2.45) is 0 Å². The number of rotatable bonds is 8. The summed E-state index contributed by atoms with van der Waals surface area (Å²) >= 11 is 0. The van der Waals surface area contributed by atoms with Gasteiger partial charge in [0, 0.05) is 26.7 Å². The van der Waals surface area contributed by atoms with E-state index >= 15 is 0 Å². The summed E-state index contributed by atoms with van der Waals surface area (Å²) in [6.07, 6.45) is 1.32. The van der Waals surface area contributed by atoms with Crippen molar-refractivity contribution >= 4 is 17.3 Å². The van der Waals surface area contributed by atoms with Crippen molar-refractivity contribution in [2.45, 2.75) is 13.8 Å². The van der Waals surface area contributed by atoms with Crippen LogP contribution in [0.2, 0.25) is 0 Å². The lowest BCUT2D eigenvalue weighted by Crippen LogP contribution is -2.25. The molecule has 8 nitrogen and oxygen atoms in total. The van der Waals surface area contributed by atoms with Crippen molar-refractivity contribution in [2.75, 3.05) is 43.6 Å². The molecule has 0 radical (unpaired) electrons. The highest BCUT2D eigenvalue weighted by Gasteiger charge is 2.24. The second-order valence-corrected chi connectivity index (χ2v) is 3.80. The van der Waals surface area contributed by atoms with E-state index in [1.807, 2.05) is 13.8 Å². The molecule has 0 aliphatic rings. The molecular weight excluding hydrogens is 250 g/mol.